The van der Waals surface area contributed by atoms with Crippen LogP contribution in [-0.2, 0) is 29.0 Å². The molecule has 5 heteroatoms. The number of nitrogens with one attached hydrogen (secondary N) is 2. The number of benzene rings is 2. The number of nitrogens with zero attached hydrogens (tertiary/aromatic N) is 1. The number of hydrogen-bond donors (Lipinski definition) is 2. The van der Waals surface area contributed by atoms with E-state index in [0.717, 1.165) is 18.4 Å². The van der Waals surface area contributed by atoms with Crippen LogP contribution >= 0.6 is 0 Å². The van der Waals surface area contributed by atoms with Crippen molar-refractivity contribution in [1.82, 2.24) is 15.2 Å². The quantitative estimate of drug-likeness (QED) is 0.661. The van der Waals surface area contributed by atoms with Crippen LogP contribution in [0.25, 0.3) is 10.9 Å². The maximum Gasteiger partial charge on any atom is 0.238 e. The maximum absolute atomic E-state index is 13.2. The monoisotopic (exact) mass is 387 g/mol. The maximum atomic E-state index is 13.2. The lowest BCUT2D eigenvalue weighted by atomic mass is 9.97. The van der Waals surface area contributed by atoms with Gasteiger partial charge in [-0.15, -0.1) is 0 Å². The number of rotatable bonds is 5. The lowest BCUT2D eigenvalue weighted by Crippen LogP contribution is -2.47. The number of carbonyl (C=O) groups excluding carboxylic acids is 2. The number of amides is 2. The van der Waals surface area contributed by atoms with E-state index in [1.807, 2.05) is 41.4 Å². The number of fused-ring (bicyclic) bond motifs is 2. The molecule has 1 aliphatic carbocycles. The molecule has 2 N–H and O–H groups in total. The predicted molar refractivity (Wildman–Crippen MR) is 112 cm³/mol. The number of H-pyrrole nitrogens is 1. The van der Waals surface area contributed by atoms with Crippen molar-refractivity contribution in [1.29, 1.82) is 0 Å². The van der Waals surface area contributed by atoms with Gasteiger partial charge in [0.25, 0.3) is 0 Å². The zero-order valence-electron chi connectivity index (χ0n) is 16.4. The van der Waals surface area contributed by atoms with Gasteiger partial charge in [-0.3, -0.25) is 9.59 Å². The third-order valence-electron chi connectivity index (χ3n) is 6.37. The Morgan fingerprint density at radius 1 is 1.03 bits per heavy atom. The second-order valence-corrected chi connectivity index (χ2v) is 8.19. The minimum absolute atomic E-state index is 0.00315. The van der Waals surface area contributed by atoms with E-state index in [0.29, 0.717) is 32.5 Å². The Morgan fingerprint density at radius 2 is 1.79 bits per heavy atom. The lowest BCUT2D eigenvalue weighted by molar-refractivity contribution is -0.145. The summed E-state index contributed by atoms with van der Waals surface area (Å²) in [6.45, 7) is 1.85. The highest BCUT2D eigenvalue weighted by Gasteiger charge is 2.58. The van der Waals surface area contributed by atoms with Gasteiger partial charge < -0.3 is 15.2 Å². The number of hydrogen-bond acceptors (Lipinski definition) is 2. The molecule has 5 nitrogen and oxygen atoms in total. The standard InChI is InChI=1S/C24H25N3O2/c28-22(25-13-9-18-15-26-21-8-4-3-7-20(18)21)24(11-12-24)23(29)27-14-10-17-5-1-2-6-19(17)16-27/h1-8,15,26H,9-14,16H2,(H,25,28). The summed E-state index contributed by atoms with van der Waals surface area (Å²) in [4.78, 5) is 31.2. The molecule has 0 saturated heterocycles. The van der Waals surface area contributed by atoms with E-state index in [4.69, 9.17) is 0 Å². The van der Waals surface area contributed by atoms with Crippen molar-refractivity contribution in [2.24, 2.45) is 5.41 Å². The highest BCUT2D eigenvalue weighted by molar-refractivity contribution is 6.07. The number of aromatic amines is 1. The Hall–Kier alpha value is -3.08. The molecule has 1 fully saturated rings. The van der Waals surface area contributed by atoms with E-state index in [-0.39, 0.29) is 11.8 Å². The fourth-order valence-corrected chi connectivity index (χ4v) is 4.45. The van der Waals surface area contributed by atoms with Crippen molar-refractivity contribution < 1.29 is 9.59 Å². The molecule has 29 heavy (non-hydrogen) atoms. The minimum Gasteiger partial charge on any atom is -0.361 e. The topological polar surface area (TPSA) is 65.2 Å². The molecular formula is C24H25N3O2. The van der Waals surface area contributed by atoms with Crippen LogP contribution < -0.4 is 5.32 Å². The summed E-state index contributed by atoms with van der Waals surface area (Å²) in [6, 6.07) is 16.4. The summed E-state index contributed by atoms with van der Waals surface area (Å²) < 4.78 is 0. The van der Waals surface area contributed by atoms with Crippen molar-refractivity contribution in [3.05, 3.63) is 71.4 Å². The van der Waals surface area contributed by atoms with E-state index in [9.17, 15) is 9.59 Å². The molecule has 0 unspecified atom stereocenters. The van der Waals surface area contributed by atoms with Crippen LogP contribution in [0.1, 0.15) is 29.5 Å². The third-order valence-corrected chi connectivity index (χ3v) is 6.37. The number of para-hydroxylation sites is 1. The van der Waals surface area contributed by atoms with E-state index >= 15 is 0 Å². The zero-order valence-corrected chi connectivity index (χ0v) is 16.4. The average Bonchev–Trinajstić information content (AvgIpc) is 3.48. The zero-order chi connectivity index (χ0) is 19.8. The molecule has 1 aromatic heterocycles. The first-order valence-corrected chi connectivity index (χ1v) is 10.4. The Balaban J connectivity index is 1.21. The van der Waals surface area contributed by atoms with Crippen LogP contribution in [0.2, 0.25) is 0 Å². The number of carbonyl (C=O) groups is 2. The first-order valence-electron chi connectivity index (χ1n) is 10.4. The van der Waals surface area contributed by atoms with E-state index in [1.165, 1.54) is 22.1 Å². The van der Waals surface area contributed by atoms with Gasteiger partial charge in [0.2, 0.25) is 11.8 Å². The Morgan fingerprint density at radius 3 is 2.62 bits per heavy atom. The Kier molecular flexibility index (Phi) is 4.38. The summed E-state index contributed by atoms with van der Waals surface area (Å²) in [5.41, 5.74) is 3.96. The van der Waals surface area contributed by atoms with Gasteiger partial charge in [0.1, 0.15) is 5.41 Å². The summed E-state index contributed by atoms with van der Waals surface area (Å²) >= 11 is 0. The minimum atomic E-state index is -0.841. The van der Waals surface area contributed by atoms with Crippen molar-refractivity contribution in [3.63, 3.8) is 0 Å². The molecule has 0 spiro atoms. The van der Waals surface area contributed by atoms with E-state index < -0.39 is 5.41 Å². The van der Waals surface area contributed by atoms with Gasteiger partial charge in [0, 0.05) is 36.7 Å². The molecule has 0 radical (unpaired) electrons. The molecular weight excluding hydrogens is 362 g/mol. The van der Waals surface area contributed by atoms with Crippen LogP contribution in [0.3, 0.4) is 0 Å². The lowest BCUT2D eigenvalue weighted by Gasteiger charge is -2.31. The van der Waals surface area contributed by atoms with Crippen LogP contribution in [0.5, 0.6) is 0 Å². The predicted octanol–water partition coefficient (Wildman–Crippen LogP) is 3.19. The van der Waals surface area contributed by atoms with Crippen LogP contribution in [0.4, 0.5) is 0 Å². The first-order chi connectivity index (χ1) is 14.2. The summed E-state index contributed by atoms with van der Waals surface area (Å²) in [7, 11) is 0. The van der Waals surface area contributed by atoms with Crippen molar-refractivity contribution >= 4 is 22.7 Å². The smallest absolute Gasteiger partial charge is 0.238 e. The molecule has 2 aromatic carbocycles. The van der Waals surface area contributed by atoms with Gasteiger partial charge >= 0.3 is 0 Å². The molecule has 2 amide bonds. The normalized spacial score (nSPS) is 17.0. The Labute approximate surface area is 170 Å². The Bertz CT molecular complexity index is 1080. The largest absolute Gasteiger partial charge is 0.361 e. The van der Waals surface area contributed by atoms with Crippen LogP contribution in [0, 0.1) is 5.41 Å². The second-order valence-electron chi connectivity index (χ2n) is 8.19. The van der Waals surface area contributed by atoms with Gasteiger partial charge in [-0.25, -0.2) is 0 Å². The molecule has 0 bridgehead atoms. The first kappa shape index (κ1) is 18.0. The van der Waals surface area contributed by atoms with Gasteiger partial charge in [-0.1, -0.05) is 42.5 Å². The average molecular weight is 387 g/mol. The highest BCUT2D eigenvalue weighted by Crippen LogP contribution is 2.48. The fourth-order valence-electron chi connectivity index (χ4n) is 4.45. The second kappa shape index (κ2) is 7.07. The van der Waals surface area contributed by atoms with Gasteiger partial charge in [-0.05, 0) is 48.4 Å². The van der Waals surface area contributed by atoms with Crippen LogP contribution in [-0.4, -0.2) is 34.8 Å². The molecule has 1 aliphatic heterocycles. The van der Waals surface area contributed by atoms with Gasteiger partial charge in [-0.2, -0.15) is 0 Å². The SMILES string of the molecule is O=C(NCCc1c[nH]c2ccccc12)C1(C(=O)N2CCc3ccccc3C2)CC1. The summed E-state index contributed by atoms with van der Waals surface area (Å²) in [5.74, 6) is -0.113. The van der Waals surface area contributed by atoms with Crippen molar-refractivity contribution in [2.75, 3.05) is 13.1 Å². The fraction of sp³-hybridized carbons (Fsp3) is 0.333. The molecule has 0 atom stereocenters. The van der Waals surface area contributed by atoms with E-state index in [2.05, 4.69) is 28.5 Å². The third kappa shape index (κ3) is 3.20. The van der Waals surface area contributed by atoms with Crippen molar-refractivity contribution in [3.8, 4) is 0 Å². The molecule has 1 saturated carbocycles. The summed E-state index contributed by atoms with van der Waals surface area (Å²) in [6.07, 6.45) is 4.92. The molecule has 5 rings (SSSR count). The molecule has 3 aromatic rings. The highest BCUT2D eigenvalue weighted by atomic mass is 16.2. The summed E-state index contributed by atoms with van der Waals surface area (Å²) in [5, 5.41) is 4.21. The van der Waals surface area contributed by atoms with Gasteiger partial charge in [0.15, 0.2) is 0 Å². The van der Waals surface area contributed by atoms with Gasteiger partial charge in [0.05, 0.1) is 0 Å². The molecule has 2 aliphatic rings. The van der Waals surface area contributed by atoms with E-state index in [1.54, 1.807) is 0 Å². The van der Waals surface area contributed by atoms with Crippen LogP contribution in [0.15, 0.2) is 54.7 Å². The van der Waals surface area contributed by atoms with Crippen molar-refractivity contribution in [2.45, 2.75) is 32.2 Å². The number of aromatic nitrogens is 1. The molecule has 148 valence electrons. The molecule has 2 heterocycles.